The maximum absolute atomic E-state index is 6.92. The average molecular weight is 702 g/mol. The molecular formula is C50H32BN3O. The number of benzene rings is 8. The third-order valence-corrected chi connectivity index (χ3v) is 11.6. The summed E-state index contributed by atoms with van der Waals surface area (Å²) in [6.07, 6.45) is 0. The zero-order valence-corrected chi connectivity index (χ0v) is 29.8. The van der Waals surface area contributed by atoms with Crippen LogP contribution in [0.15, 0.2) is 199 Å². The predicted molar refractivity (Wildman–Crippen MR) is 230 cm³/mol. The number of nitrogens with zero attached hydrogens (tertiary/aromatic N) is 3. The fourth-order valence-electron chi connectivity index (χ4n) is 9.40. The Morgan fingerprint density at radius 2 is 1.15 bits per heavy atom. The first-order chi connectivity index (χ1) is 27.3. The summed E-state index contributed by atoms with van der Waals surface area (Å²) >= 11 is 0. The third kappa shape index (κ3) is 4.23. The molecule has 4 nitrogen and oxygen atoms in total. The van der Waals surface area contributed by atoms with Crippen LogP contribution in [-0.2, 0) is 0 Å². The van der Waals surface area contributed by atoms with E-state index in [2.05, 4.69) is 208 Å². The van der Waals surface area contributed by atoms with Crippen LogP contribution in [-0.4, -0.2) is 11.3 Å². The largest absolute Gasteiger partial charge is 0.440 e. The first kappa shape index (κ1) is 30.2. The van der Waals surface area contributed by atoms with Crippen LogP contribution in [0.4, 0.5) is 34.3 Å². The number of fused-ring (bicyclic) bond motifs is 9. The van der Waals surface area contributed by atoms with Crippen LogP contribution in [0.3, 0.4) is 0 Å². The van der Waals surface area contributed by atoms with Crippen molar-refractivity contribution in [3.8, 4) is 22.3 Å². The van der Waals surface area contributed by atoms with E-state index in [1.54, 1.807) is 0 Å². The Balaban J connectivity index is 1.22. The van der Waals surface area contributed by atoms with E-state index in [4.69, 9.17) is 4.42 Å². The minimum atomic E-state index is -0.114. The Morgan fingerprint density at radius 3 is 1.98 bits per heavy atom. The molecule has 5 heteroatoms. The molecule has 0 bridgehead atoms. The predicted octanol–water partition coefficient (Wildman–Crippen LogP) is 12.1. The number of hydrogen-bond acceptors (Lipinski definition) is 3. The molecule has 8 aromatic carbocycles. The normalized spacial score (nSPS) is 12.7. The minimum Gasteiger partial charge on any atom is -0.440 e. The Morgan fingerprint density at radius 1 is 0.473 bits per heavy atom. The van der Waals surface area contributed by atoms with E-state index in [9.17, 15) is 0 Å². The van der Waals surface area contributed by atoms with E-state index in [0.29, 0.717) is 0 Å². The summed E-state index contributed by atoms with van der Waals surface area (Å²) in [5.74, 6) is 0.871. The Kier molecular flexibility index (Phi) is 6.40. The lowest BCUT2D eigenvalue weighted by molar-refractivity contribution is 0.622. The van der Waals surface area contributed by atoms with Gasteiger partial charge in [0.15, 0.2) is 0 Å². The van der Waals surface area contributed by atoms with E-state index in [1.807, 2.05) is 0 Å². The maximum Gasteiger partial charge on any atom is 0.337 e. The highest BCUT2D eigenvalue weighted by atomic mass is 16.4. The maximum atomic E-state index is 6.92. The first-order valence-electron chi connectivity index (χ1n) is 18.9. The number of rotatable bonds is 5. The van der Waals surface area contributed by atoms with E-state index in [-0.39, 0.29) is 6.85 Å². The van der Waals surface area contributed by atoms with Gasteiger partial charge in [-0.1, -0.05) is 140 Å². The molecule has 55 heavy (non-hydrogen) atoms. The van der Waals surface area contributed by atoms with Gasteiger partial charge in [0.25, 0.3) is 0 Å². The molecule has 0 unspecified atom stereocenters. The second kappa shape index (κ2) is 11.6. The summed E-state index contributed by atoms with van der Waals surface area (Å²) < 4.78 is 9.54. The van der Waals surface area contributed by atoms with Crippen molar-refractivity contribution < 1.29 is 4.42 Å². The molecule has 0 atom stereocenters. The van der Waals surface area contributed by atoms with Crippen LogP contribution in [0.1, 0.15) is 0 Å². The second-order valence-corrected chi connectivity index (χ2v) is 14.4. The molecular weight excluding hydrogens is 669 g/mol. The lowest BCUT2D eigenvalue weighted by Crippen LogP contribution is -2.56. The molecule has 10 aromatic rings. The molecule has 0 amide bonds. The minimum absolute atomic E-state index is 0.114. The zero-order valence-electron chi connectivity index (χ0n) is 29.8. The Labute approximate surface area is 318 Å². The van der Waals surface area contributed by atoms with Gasteiger partial charge in [-0.3, -0.25) is 4.90 Å². The highest BCUT2D eigenvalue weighted by molar-refractivity contribution is 6.91. The van der Waals surface area contributed by atoms with Crippen LogP contribution in [0, 0.1) is 0 Å². The molecule has 0 N–H and O–H groups in total. The summed E-state index contributed by atoms with van der Waals surface area (Å²) in [5, 5.41) is 3.59. The van der Waals surface area contributed by atoms with Gasteiger partial charge >= 0.3 is 6.85 Å². The van der Waals surface area contributed by atoms with Gasteiger partial charge in [0.1, 0.15) is 5.58 Å². The van der Waals surface area contributed by atoms with Crippen molar-refractivity contribution in [2.45, 2.75) is 0 Å². The van der Waals surface area contributed by atoms with Crippen LogP contribution < -0.4 is 20.7 Å². The molecule has 0 saturated heterocycles. The number of hydrogen-bond donors (Lipinski definition) is 0. The van der Waals surface area contributed by atoms with Crippen LogP contribution in [0.25, 0.3) is 55.0 Å². The smallest absolute Gasteiger partial charge is 0.337 e. The number of anilines is 6. The molecule has 2 aromatic heterocycles. The highest BCUT2D eigenvalue weighted by Crippen LogP contribution is 2.51. The van der Waals surface area contributed by atoms with Crippen molar-refractivity contribution in [3.05, 3.63) is 194 Å². The van der Waals surface area contributed by atoms with Crippen LogP contribution in [0.5, 0.6) is 0 Å². The Hall–Kier alpha value is -7.24. The van der Waals surface area contributed by atoms with E-state index >= 15 is 0 Å². The topological polar surface area (TPSA) is 24.6 Å². The van der Waals surface area contributed by atoms with E-state index in [0.717, 1.165) is 45.3 Å². The van der Waals surface area contributed by atoms with Crippen molar-refractivity contribution in [2.24, 2.45) is 0 Å². The molecule has 0 aliphatic carbocycles. The van der Waals surface area contributed by atoms with E-state index in [1.165, 1.54) is 55.0 Å². The summed E-state index contributed by atoms with van der Waals surface area (Å²) in [6, 6.07) is 69.9. The van der Waals surface area contributed by atoms with Crippen molar-refractivity contribution >= 4 is 84.9 Å². The van der Waals surface area contributed by atoms with Crippen molar-refractivity contribution in [1.82, 2.24) is 4.48 Å². The summed E-state index contributed by atoms with van der Waals surface area (Å²) in [4.78, 5) is 4.78. The van der Waals surface area contributed by atoms with Gasteiger partial charge in [-0.15, -0.1) is 0 Å². The summed E-state index contributed by atoms with van der Waals surface area (Å²) in [6.45, 7) is -0.114. The summed E-state index contributed by atoms with van der Waals surface area (Å²) in [5.41, 5.74) is 16.2. The Bertz CT molecular complexity index is 3110. The second-order valence-electron chi connectivity index (χ2n) is 14.4. The van der Waals surface area contributed by atoms with Gasteiger partial charge < -0.3 is 13.8 Å². The molecule has 256 valence electrons. The van der Waals surface area contributed by atoms with Crippen LogP contribution >= 0.6 is 0 Å². The quantitative estimate of drug-likeness (QED) is 0.167. The molecule has 0 radical (unpaired) electrons. The van der Waals surface area contributed by atoms with Crippen molar-refractivity contribution in [3.63, 3.8) is 0 Å². The van der Waals surface area contributed by atoms with Gasteiger partial charge in [0, 0.05) is 60.8 Å². The fourth-order valence-corrected chi connectivity index (χ4v) is 9.40. The molecule has 0 spiro atoms. The lowest BCUT2D eigenvalue weighted by atomic mass is 9.45. The fraction of sp³-hybridized carbons (Fsp3) is 0. The van der Waals surface area contributed by atoms with Gasteiger partial charge in [-0.2, -0.15) is 0 Å². The molecule has 0 fully saturated rings. The molecule has 0 saturated carbocycles. The standard InChI is InChI=1S/C50H32BN3O/c1-4-17-33(18-5-1)36-23-10-13-27-41(36)52(34-19-6-2-7-20-34)43-32-31-38-37-26-16-29-44-47(37)51(54-42-28-14-11-24-39(42)46(43)49(38)54)48-40-25-12-15-30-45(40)55-50(48)53(44)35-21-8-3-9-22-35/h1-32H. The lowest BCUT2D eigenvalue weighted by Gasteiger charge is -2.38. The SMILES string of the molecule is c1ccc(-c2ccccc2N(c2ccccc2)c2ccc3c4c2c2ccccc2n4B2c4c-3cccc4N(c3ccccc3)c3oc4ccccc4c32)cc1. The van der Waals surface area contributed by atoms with Crippen molar-refractivity contribution in [2.75, 3.05) is 9.80 Å². The van der Waals surface area contributed by atoms with Gasteiger partial charge in [0.05, 0.1) is 11.4 Å². The molecule has 2 aliphatic heterocycles. The average Bonchev–Trinajstić information content (AvgIpc) is 3.81. The molecule has 4 heterocycles. The molecule has 2 aliphatic rings. The van der Waals surface area contributed by atoms with Crippen molar-refractivity contribution in [1.29, 1.82) is 0 Å². The van der Waals surface area contributed by atoms with Gasteiger partial charge in [0.2, 0.25) is 5.88 Å². The van der Waals surface area contributed by atoms with Gasteiger partial charge in [-0.05, 0) is 71.2 Å². The number of para-hydroxylation sites is 5. The number of aromatic nitrogens is 1. The van der Waals surface area contributed by atoms with Gasteiger partial charge in [-0.25, -0.2) is 0 Å². The number of furan rings is 1. The third-order valence-electron chi connectivity index (χ3n) is 11.6. The molecule has 12 rings (SSSR count). The summed E-state index contributed by atoms with van der Waals surface area (Å²) in [7, 11) is 0. The first-order valence-corrected chi connectivity index (χ1v) is 18.9. The highest BCUT2D eigenvalue weighted by Gasteiger charge is 2.46. The monoisotopic (exact) mass is 701 g/mol. The van der Waals surface area contributed by atoms with Crippen LogP contribution in [0.2, 0.25) is 0 Å². The van der Waals surface area contributed by atoms with E-state index < -0.39 is 0 Å². The zero-order chi connectivity index (χ0) is 36.0.